The number of nitrogens with zero attached hydrogens (tertiary/aromatic N) is 1. The van der Waals surface area contributed by atoms with Gasteiger partial charge >= 0.3 is 5.97 Å². The Morgan fingerprint density at radius 3 is 2.69 bits per heavy atom. The van der Waals surface area contributed by atoms with Crippen molar-refractivity contribution < 1.29 is 9.53 Å². The van der Waals surface area contributed by atoms with Crippen LogP contribution in [0.15, 0.2) is 0 Å². The SMILES string of the molecule is C#CCCCC(=O)OC(C)(C)C#N. The van der Waals surface area contributed by atoms with Gasteiger partial charge in [-0.2, -0.15) is 5.26 Å². The Kier molecular flexibility index (Phi) is 4.62. The van der Waals surface area contributed by atoms with Gasteiger partial charge in [0, 0.05) is 12.8 Å². The van der Waals surface area contributed by atoms with E-state index in [0.29, 0.717) is 12.8 Å². The molecule has 0 N–H and O–H groups in total. The van der Waals surface area contributed by atoms with E-state index in [1.165, 1.54) is 0 Å². The molecule has 0 aromatic heterocycles. The first-order chi connectivity index (χ1) is 6.02. The van der Waals surface area contributed by atoms with Gasteiger partial charge in [-0.3, -0.25) is 4.79 Å². The average Bonchev–Trinajstić information content (AvgIpc) is 2.04. The number of carbonyl (C=O) groups excluding carboxylic acids is 1. The summed E-state index contributed by atoms with van der Waals surface area (Å²) in [4.78, 5) is 11.1. The van der Waals surface area contributed by atoms with E-state index in [-0.39, 0.29) is 12.4 Å². The maximum absolute atomic E-state index is 11.1. The smallest absolute Gasteiger partial charge is 0.307 e. The van der Waals surface area contributed by atoms with Crippen LogP contribution >= 0.6 is 0 Å². The molecule has 0 aliphatic rings. The first-order valence-corrected chi connectivity index (χ1v) is 4.08. The van der Waals surface area contributed by atoms with Gasteiger partial charge in [-0.25, -0.2) is 0 Å². The third-order valence-electron chi connectivity index (χ3n) is 1.34. The van der Waals surface area contributed by atoms with Gasteiger partial charge in [0.15, 0.2) is 5.60 Å². The lowest BCUT2D eigenvalue weighted by Gasteiger charge is -2.15. The van der Waals surface area contributed by atoms with Gasteiger partial charge < -0.3 is 4.74 Å². The summed E-state index contributed by atoms with van der Waals surface area (Å²) in [6.07, 6.45) is 6.45. The maximum Gasteiger partial charge on any atom is 0.307 e. The minimum atomic E-state index is -1.03. The molecule has 3 heteroatoms. The molecular weight excluding hydrogens is 166 g/mol. The van der Waals surface area contributed by atoms with Gasteiger partial charge in [0.1, 0.15) is 6.07 Å². The molecule has 0 aliphatic heterocycles. The monoisotopic (exact) mass is 179 g/mol. The molecule has 0 heterocycles. The molecule has 0 spiro atoms. The number of hydrogen-bond acceptors (Lipinski definition) is 3. The first kappa shape index (κ1) is 11.5. The first-order valence-electron chi connectivity index (χ1n) is 4.08. The Labute approximate surface area is 78.7 Å². The molecule has 0 unspecified atom stereocenters. The molecule has 0 saturated carbocycles. The standard InChI is InChI=1S/C10H13NO2/c1-4-5-6-7-9(12)13-10(2,3)8-11/h1H,5-7H2,2-3H3. The molecule has 0 aromatic carbocycles. The van der Waals surface area contributed by atoms with Crippen LogP contribution in [0.4, 0.5) is 0 Å². The molecule has 13 heavy (non-hydrogen) atoms. The number of rotatable bonds is 4. The van der Waals surface area contributed by atoms with Gasteiger partial charge in [-0.15, -0.1) is 12.3 Å². The van der Waals surface area contributed by atoms with Crippen molar-refractivity contribution >= 4 is 5.97 Å². The summed E-state index contributed by atoms with van der Waals surface area (Å²) >= 11 is 0. The number of carbonyl (C=O) groups is 1. The summed E-state index contributed by atoms with van der Waals surface area (Å²) in [5, 5.41) is 8.55. The molecule has 0 fully saturated rings. The van der Waals surface area contributed by atoms with Crippen LogP contribution in [0.5, 0.6) is 0 Å². The Bertz CT molecular complexity index is 255. The second-order valence-corrected chi connectivity index (χ2v) is 3.15. The topological polar surface area (TPSA) is 50.1 Å². The number of hydrogen-bond donors (Lipinski definition) is 0. The second kappa shape index (κ2) is 5.22. The lowest BCUT2D eigenvalue weighted by molar-refractivity contribution is -0.152. The van der Waals surface area contributed by atoms with Gasteiger partial charge in [0.25, 0.3) is 0 Å². The van der Waals surface area contributed by atoms with E-state index in [1.807, 2.05) is 6.07 Å². The number of nitriles is 1. The number of esters is 1. The van der Waals surface area contributed by atoms with Crippen LogP contribution in [0.3, 0.4) is 0 Å². The van der Waals surface area contributed by atoms with E-state index in [1.54, 1.807) is 13.8 Å². The van der Waals surface area contributed by atoms with Crippen molar-refractivity contribution in [3.8, 4) is 18.4 Å². The third kappa shape index (κ3) is 5.75. The Morgan fingerprint density at radius 1 is 1.62 bits per heavy atom. The lowest BCUT2D eigenvalue weighted by atomic mass is 10.1. The van der Waals surface area contributed by atoms with E-state index >= 15 is 0 Å². The fourth-order valence-electron chi connectivity index (χ4n) is 0.693. The van der Waals surface area contributed by atoms with Crippen LogP contribution in [0.1, 0.15) is 33.1 Å². The molecule has 0 atom stereocenters. The van der Waals surface area contributed by atoms with Gasteiger partial charge in [0.2, 0.25) is 0 Å². The lowest BCUT2D eigenvalue weighted by Crippen LogP contribution is -2.25. The third-order valence-corrected chi connectivity index (χ3v) is 1.34. The molecular formula is C10H13NO2. The van der Waals surface area contributed by atoms with Crippen molar-refractivity contribution in [2.45, 2.75) is 38.7 Å². The summed E-state index contributed by atoms with van der Waals surface area (Å²) in [6.45, 7) is 3.10. The molecule has 3 nitrogen and oxygen atoms in total. The van der Waals surface area contributed by atoms with Crippen LogP contribution in [-0.4, -0.2) is 11.6 Å². The molecule has 0 bridgehead atoms. The summed E-state index contributed by atoms with van der Waals surface area (Å²) in [5.74, 6) is 2.05. The van der Waals surface area contributed by atoms with E-state index in [2.05, 4.69) is 5.92 Å². The van der Waals surface area contributed by atoms with Gasteiger partial charge in [-0.1, -0.05) is 0 Å². The summed E-state index contributed by atoms with van der Waals surface area (Å²) < 4.78 is 4.86. The van der Waals surface area contributed by atoms with Crippen molar-refractivity contribution in [2.75, 3.05) is 0 Å². The van der Waals surface area contributed by atoms with Crippen LogP contribution in [0, 0.1) is 23.7 Å². The van der Waals surface area contributed by atoms with Crippen LogP contribution in [0.2, 0.25) is 0 Å². The van der Waals surface area contributed by atoms with Crippen molar-refractivity contribution in [3.05, 3.63) is 0 Å². The summed E-state index contributed by atoms with van der Waals surface area (Å²) in [5.41, 5.74) is -1.03. The van der Waals surface area contributed by atoms with E-state index in [0.717, 1.165) is 0 Å². The van der Waals surface area contributed by atoms with Gasteiger partial charge in [-0.05, 0) is 20.3 Å². The largest absolute Gasteiger partial charge is 0.444 e. The molecule has 0 aliphatic carbocycles. The highest BCUT2D eigenvalue weighted by Gasteiger charge is 2.21. The number of terminal acetylenes is 1. The fraction of sp³-hybridized carbons (Fsp3) is 0.600. The molecule has 0 rings (SSSR count). The number of unbranched alkanes of at least 4 members (excludes halogenated alkanes) is 1. The van der Waals surface area contributed by atoms with Crippen molar-refractivity contribution in [2.24, 2.45) is 0 Å². The Balaban J connectivity index is 3.78. The quantitative estimate of drug-likeness (QED) is 0.374. The fourth-order valence-corrected chi connectivity index (χ4v) is 0.693. The van der Waals surface area contributed by atoms with Crippen molar-refractivity contribution in [3.63, 3.8) is 0 Å². The summed E-state index contributed by atoms with van der Waals surface area (Å²) in [7, 11) is 0. The zero-order valence-electron chi connectivity index (χ0n) is 7.96. The van der Waals surface area contributed by atoms with Gasteiger partial charge in [0.05, 0.1) is 0 Å². The predicted molar refractivity (Wildman–Crippen MR) is 48.5 cm³/mol. The molecule has 0 saturated heterocycles. The molecule has 0 radical (unpaired) electrons. The van der Waals surface area contributed by atoms with Crippen LogP contribution in [-0.2, 0) is 9.53 Å². The summed E-state index contributed by atoms with van der Waals surface area (Å²) in [6, 6.07) is 1.88. The number of ether oxygens (including phenoxy) is 1. The molecule has 70 valence electrons. The zero-order valence-corrected chi connectivity index (χ0v) is 7.96. The van der Waals surface area contributed by atoms with E-state index < -0.39 is 5.60 Å². The average molecular weight is 179 g/mol. The van der Waals surface area contributed by atoms with E-state index in [4.69, 9.17) is 16.4 Å². The van der Waals surface area contributed by atoms with Crippen molar-refractivity contribution in [1.82, 2.24) is 0 Å². The highest BCUT2D eigenvalue weighted by Crippen LogP contribution is 2.09. The molecule has 0 amide bonds. The Morgan fingerprint density at radius 2 is 2.23 bits per heavy atom. The normalized spacial score (nSPS) is 9.85. The van der Waals surface area contributed by atoms with Crippen LogP contribution < -0.4 is 0 Å². The highest BCUT2D eigenvalue weighted by molar-refractivity contribution is 5.70. The Hall–Kier alpha value is -1.48. The predicted octanol–water partition coefficient (Wildman–Crippen LogP) is 1.64. The zero-order chi connectivity index (χ0) is 10.3. The minimum Gasteiger partial charge on any atom is -0.444 e. The van der Waals surface area contributed by atoms with E-state index in [9.17, 15) is 4.79 Å². The van der Waals surface area contributed by atoms with Crippen molar-refractivity contribution in [1.29, 1.82) is 5.26 Å². The minimum absolute atomic E-state index is 0.273. The molecule has 0 aromatic rings. The maximum atomic E-state index is 11.1. The highest BCUT2D eigenvalue weighted by atomic mass is 16.6. The second-order valence-electron chi connectivity index (χ2n) is 3.15. The van der Waals surface area contributed by atoms with Crippen LogP contribution in [0.25, 0.3) is 0 Å².